The molecule has 0 aromatic heterocycles. The molecular weight excluding hydrogens is 288 g/mol. The number of primary amides is 1. The molecule has 2 N–H and O–H groups in total. The van der Waals surface area contributed by atoms with Crippen molar-refractivity contribution in [3.8, 4) is 0 Å². The van der Waals surface area contributed by atoms with Gasteiger partial charge >= 0.3 is 0 Å². The van der Waals surface area contributed by atoms with Crippen LogP contribution in [0.5, 0.6) is 0 Å². The van der Waals surface area contributed by atoms with Crippen LogP contribution in [0.4, 0.5) is 0 Å². The van der Waals surface area contributed by atoms with Crippen LogP contribution in [-0.2, 0) is 9.53 Å². The Bertz CT molecular complexity index is 302. The van der Waals surface area contributed by atoms with Crippen molar-refractivity contribution in [2.24, 2.45) is 11.7 Å². The molecule has 4 nitrogen and oxygen atoms in total. The zero-order valence-electron chi connectivity index (χ0n) is 15.4. The maximum absolute atomic E-state index is 11.1. The van der Waals surface area contributed by atoms with E-state index in [-0.39, 0.29) is 11.8 Å². The molecule has 0 bridgehead atoms. The fraction of sp³-hybridized carbons (Fsp3) is 0.947. The van der Waals surface area contributed by atoms with Gasteiger partial charge in [-0.1, -0.05) is 32.6 Å². The number of rotatable bonds is 13. The highest BCUT2D eigenvalue weighted by atomic mass is 16.5. The Hall–Kier alpha value is -0.610. The first-order valence-electron chi connectivity index (χ1n) is 9.73. The Balaban J connectivity index is 1.87. The molecular formula is C19H38N2O2. The van der Waals surface area contributed by atoms with Crippen LogP contribution in [-0.4, -0.2) is 43.7 Å². The van der Waals surface area contributed by atoms with Crippen LogP contribution in [0.25, 0.3) is 0 Å². The summed E-state index contributed by atoms with van der Waals surface area (Å²) in [6.45, 7) is 5.59. The summed E-state index contributed by atoms with van der Waals surface area (Å²) in [4.78, 5) is 13.6. The SMILES string of the molecule is CCCCCN(C)CCCCCCOC1CCC(C(N)=O)CC1. The van der Waals surface area contributed by atoms with Gasteiger partial charge in [-0.25, -0.2) is 0 Å². The molecule has 1 aliphatic rings. The Labute approximate surface area is 143 Å². The normalized spacial score (nSPS) is 21.7. The van der Waals surface area contributed by atoms with Crippen LogP contribution in [0.2, 0.25) is 0 Å². The number of nitrogens with two attached hydrogens (primary N) is 1. The molecule has 0 aromatic carbocycles. The van der Waals surface area contributed by atoms with Crippen LogP contribution in [0.15, 0.2) is 0 Å². The van der Waals surface area contributed by atoms with Crippen molar-refractivity contribution in [1.82, 2.24) is 4.90 Å². The lowest BCUT2D eigenvalue weighted by atomic mass is 9.87. The smallest absolute Gasteiger partial charge is 0.220 e. The van der Waals surface area contributed by atoms with Gasteiger partial charge in [0.1, 0.15) is 0 Å². The number of ether oxygens (including phenoxy) is 1. The van der Waals surface area contributed by atoms with E-state index in [9.17, 15) is 4.79 Å². The lowest BCUT2D eigenvalue weighted by molar-refractivity contribution is -0.123. The number of carbonyl (C=O) groups is 1. The van der Waals surface area contributed by atoms with E-state index in [4.69, 9.17) is 10.5 Å². The number of hydrogen-bond donors (Lipinski definition) is 1. The third-order valence-corrected chi connectivity index (χ3v) is 5.01. The van der Waals surface area contributed by atoms with Crippen molar-refractivity contribution in [3.63, 3.8) is 0 Å². The molecule has 1 rings (SSSR count). The summed E-state index contributed by atoms with van der Waals surface area (Å²) in [7, 11) is 2.24. The summed E-state index contributed by atoms with van der Waals surface area (Å²) in [5, 5.41) is 0. The third-order valence-electron chi connectivity index (χ3n) is 5.01. The van der Waals surface area contributed by atoms with E-state index in [1.165, 1.54) is 51.6 Å². The quantitative estimate of drug-likeness (QED) is 0.525. The summed E-state index contributed by atoms with van der Waals surface area (Å²) < 4.78 is 5.94. The minimum Gasteiger partial charge on any atom is -0.378 e. The van der Waals surface area contributed by atoms with Gasteiger partial charge < -0.3 is 15.4 Å². The standard InChI is InChI=1S/C19H38N2O2/c1-3-4-7-14-21(2)15-8-5-6-9-16-23-18-12-10-17(11-13-18)19(20)22/h17-18H,3-16H2,1-2H3,(H2,20,22). The second kappa shape index (κ2) is 12.8. The van der Waals surface area contributed by atoms with Gasteiger partial charge in [-0.2, -0.15) is 0 Å². The predicted molar refractivity (Wildman–Crippen MR) is 96.4 cm³/mol. The zero-order valence-corrected chi connectivity index (χ0v) is 15.4. The van der Waals surface area contributed by atoms with Crippen LogP contribution in [0, 0.1) is 5.92 Å². The van der Waals surface area contributed by atoms with Crippen LogP contribution < -0.4 is 5.73 Å². The Morgan fingerprint density at radius 1 is 1.00 bits per heavy atom. The second-order valence-electron chi connectivity index (χ2n) is 7.17. The van der Waals surface area contributed by atoms with E-state index in [0.717, 1.165) is 38.7 Å². The van der Waals surface area contributed by atoms with Crippen LogP contribution in [0.3, 0.4) is 0 Å². The average molecular weight is 327 g/mol. The van der Waals surface area contributed by atoms with Crippen molar-refractivity contribution < 1.29 is 9.53 Å². The van der Waals surface area contributed by atoms with Gasteiger partial charge in [0, 0.05) is 12.5 Å². The molecule has 0 radical (unpaired) electrons. The number of amides is 1. The fourth-order valence-corrected chi connectivity index (χ4v) is 3.34. The largest absolute Gasteiger partial charge is 0.378 e. The maximum Gasteiger partial charge on any atom is 0.220 e. The summed E-state index contributed by atoms with van der Waals surface area (Å²) in [6, 6.07) is 0. The van der Waals surface area contributed by atoms with Gasteiger partial charge in [-0.05, 0) is 65.1 Å². The lowest BCUT2D eigenvalue weighted by Crippen LogP contribution is -2.30. The molecule has 1 amide bonds. The van der Waals surface area contributed by atoms with Crippen molar-refractivity contribution in [3.05, 3.63) is 0 Å². The number of nitrogens with zero attached hydrogens (tertiary/aromatic N) is 1. The molecule has 0 atom stereocenters. The Kier molecular flexibility index (Phi) is 11.3. The lowest BCUT2D eigenvalue weighted by Gasteiger charge is -2.26. The molecule has 0 heterocycles. The van der Waals surface area contributed by atoms with Gasteiger partial charge in [0.25, 0.3) is 0 Å². The molecule has 0 aromatic rings. The zero-order chi connectivity index (χ0) is 16.9. The average Bonchev–Trinajstić information content (AvgIpc) is 2.54. The molecule has 4 heteroatoms. The minimum atomic E-state index is -0.136. The van der Waals surface area contributed by atoms with Crippen molar-refractivity contribution in [1.29, 1.82) is 0 Å². The molecule has 0 saturated heterocycles. The third kappa shape index (κ3) is 9.98. The van der Waals surface area contributed by atoms with Gasteiger partial charge in [-0.3, -0.25) is 4.79 Å². The monoisotopic (exact) mass is 326 g/mol. The van der Waals surface area contributed by atoms with Crippen LogP contribution in [0.1, 0.15) is 77.6 Å². The van der Waals surface area contributed by atoms with Crippen molar-refractivity contribution in [2.75, 3.05) is 26.7 Å². The molecule has 136 valence electrons. The number of carbonyl (C=O) groups excluding carboxylic acids is 1. The first-order valence-corrected chi connectivity index (χ1v) is 9.73. The van der Waals surface area contributed by atoms with Gasteiger partial charge in [-0.15, -0.1) is 0 Å². The van der Waals surface area contributed by atoms with E-state index in [1.54, 1.807) is 0 Å². The van der Waals surface area contributed by atoms with Crippen molar-refractivity contribution >= 4 is 5.91 Å². The first-order chi connectivity index (χ1) is 11.1. The Morgan fingerprint density at radius 2 is 1.61 bits per heavy atom. The van der Waals surface area contributed by atoms with Crippen LogP contribution >= 0.6 is 0 Å². The van der Waals surface area contributed by atoms with Gasteiger partial charge in [0.05, 0.1) is 6.10 Å². The second-order valence-corrected chi connectivity index (χ2v) is 7.17. The Morgan fingerprint density at radius 3 is 2.22 bits per heavy atom. The maximum atomic E-state index is 11.1. The van der Waals surface area contributed by atoms with E-state index in [2.05, 4.69) is 18.9 Å². The summed E-state index contributed by atoms with van der Waals surface area (Å²) in [5.41, 5.74) is 5.35. The highest BCUT2D eigenvalue weighted by Gasteiger charge is 2.24. The molecule has 1 aliphatic carbocycles. The fourth-order valence-electron chi connectivity index (χ4n) is 3.34. The molecule has 0 aliphatic heterocycles. The summed E-state index contributed by atoms with van der Waals surface area (Å²) in [6.07, 6.45) is 13.2. The van der Waals surface area contributed by atoms with E-state index >= 15 is 0 Å². The first kappa shape index (κ1) is 20.4. The molecule has 0 unspecified atom stereocenters. The number of unbranched alkanes of at least 4 members (excludes halogenated alkanes) is 5. The molecule has 23 heavy (non-hydrogen) atoms. The highest BCUT2D eigenvalue weighted by Crippen LogP contribution is 2.26. The van der Waals surface area contributed by atoms with E-state index < -0.39 is 0 Å². The minimum absolute atomic E-state index is 0.0872. The molecule has 1 fully saturated rings. The van der Waals surface area contributed by atoms with Gasteiger partial charge in [0.15, 0.2) is 0 Å². The molecule has 1 saturated carbocycles. The highest BCUT2D eigenvalue weighted by molar-refractivity contribution is 5.76. The molecule has 0 spiro atoms. The van der Waals surface area contributed by atoms with Crippen molar-refractivity contribution in [2.45, 2.75) is 83.7 Å². The topological polar surface area (TPSA) is 55.6 Å². The van der Waals surface area contributed by atoms with Gasteiger partial charge in [0.2, 0.25) is 5.91 Å². The van der Waals surface area contributed by atoms with E-state index in [0.29, 0.717) is 6.10 Å². The summed E-state index contributed by atoms with van der Waals surface area (Å²) >= 11 is 0. The predicted octanol–water partition coefficient (Wildman–Crippen LogP) is 3.73. The summed E-state index contributed by atoms with van der Waals surface area (Å²) in [5.74, 6) is -0.0488. The van der Waals surface area contributed by atoms with E-state index in [1.807, 2.05) is 0 Å². The number of hydrogen-bond acceptors (Lipinski definition) is 3.